The minimum Gasteiger partial charge on any atom is -0.373 e. The Bertz CT molecular complexity index is 382. The number of anilines is 1. The van der Waals surface area contributed by atoms with Gasteiger partial charge in [-0.1, -0.05) is 20.3 Å². The molecule has 1 unspecified atom stereocenters. The Labute approximate surface area is 109 Å². The second-order valence-corrected chi connectivity index (χ2v) is 4.50. The minimum absolute atomic E-state index is 0.0236. The van der Waals surface area contributed by atoms with Gasteiger partial charge in [0.1, 0.15) is 5.82 Å². The molecule has 2 N–H and O–H groups in total. The van der Waals surface area contributed by atoms with Gasteiger partial charge < -0.3 is 10.6 Å². The first-order valence-electron chi connectivity index (χ1n) is 6.60. The molecule has 0 bridgehead atoms. The summed E-state index contributed by atoms with van der Waals surface area (Å²) < 4.78 is 0. The van der Waals surface area contributed by atoms with Crippen LogP contribution < -0.4 is 10.6 Å². The zero-order chi connectivity index (χ0) is 13.5. The van der Waals surface area contributed by atoms with E-state index in [1.54, 1.807) is 6.07 Å². The van der Waals surface area contributed by atoms with Crippen LogP contribution in [0, 0.1) is 0 Å². The number of hydrogen-bond donors (Lipinski definition) is 2. The summed E-state index contributed by atoms with van der Waals surface area (Å²) in [6.45, 7) is 6.18. The van der Waals surface area contributed by atoms with Crippen molar-refractivity contribution in [1.82, 2.24) is 10.3 Å². The molecule has 18 heavy (non-hydrogen) atoms. The molecule has 4 nitrogen and oxygen atoms in total. The lowest BCUT2D eigenvalue weighted by molar-refractivity contribution is 0.0938. The fourth-order valence-electron chi connectivity index (χ4n) is 1.84. The van der Waals surface area contributed by atoms with E-state index in [1.807, 2.05) is 27.0 Å². The Kier molecular flexibility index (Phi) is 5.62. The predicted octanol–water partition coefficient (Wildman–Crippen LogP) is 2.60. The number of carbonyl (C=O) groups excluding carboxylic acids is 1. The molecule has 0 aliphatic rings. The van der Waals surface area contributed by atoms with E-state index in [2.05, 4.69) is 22.5 Å². The maximum absolute atomic E-state index is 12.1. The van der Waals surface area contributed by atoms with E-state index in [4.69, 9.17) is 0 Å². The third-order valence-corrected chi connectivity index (χ3v) is 2.86. The van der Waals surface area contributed by atoms with E-state index >= 15 is 0 Å². The van der Waals surface area contributed by atoms with E-state index < -0.39 is 0 Å². The van der Waals surface area contributed by atoms with Gasteiger partial charge in [0, 0.05) is 24.3 Å². The lowest BCUT2D eigenvalue weighted by Gasteiger charge is -2.13. The van der Waals surface area contributed by atoms with Crippen LogP contribution in [0.1, 0.15) is 49.7 Å². The van der Waals surface area contributed by atoms with Crippen LogP contribution in [-0.2, 0) is 6.42 Å². The van der Waals surface area contributed by atoms with Crippen molar-refractivity contribution in [3.05, 3.63) is 23.4 Å². The van der Waals surface area contributed by atoms with Gasteiger partial charge in [-0.05, 0) is 31.9 Å². The van der Waals surface area contributed by atoms with Crippen molar-refractivity contribution in [1.29, 1.82) is 0 Å². The SMILES string of the molecule is CCCC(C)NC(=O)c1cc(CC)nc(NC)c1. The van der Waals surface area contributed by atoms with Gasteiger partial charge in [-0.3, -0.25) is 4.79 Å². The highest BCUT2D eigenvalue weighted by molar-refractivity contribution is 5.95. The van der Waals surface area contributed by atoms with Crippen LogP contribution in [0.15, 0.2) is 12.1 Å². The highest BCUT2D eigenvalue weighted by Gasteiger charge is 2.11. The van der Waals surface area contributed by atoms with Gasteiger partial charge in [-0.2, -0.15) is 0 Å². The van der Waals surface area contributed by atoms with Crippen LogP contribution in [0.2, 0.25) is 0 Å². The highest BCUT2D eigenvalue weighted by atomic mass is 16.1. The summed E-state index contributed by atoms with van der Waals surface area (Å²) in [5.74, 6) is 0.715. The summed E-state index contributed by atoms with van der Waals surface area (Å²) >= 11 is 0. The van der Waals surface area contributed by atoms with Crippen LogP contribution in [0.4, 0.5) is 5.82 Å². The van der Waals surface area contributed by atoms with E-state index in [0.29, 0.717) is 5.56 Å². The highest BCUT2D eigenvalue weighted by Crippen LogP contribution is 2.11. The number of nitrogens with one attached hydrogen (secondary N) is 2. The van der Waals surface area contributed by atoms with Gasteiger partial charge in [0.05, 0.1) is 0 Å². The molecule has 100 valence electrons. The Morgan fingerprint density at radius 1 is 1.39 bits per heavy atom. The Morgan fingerprint density at radius 2 is 2.11 bits per heavy atom. The largest absolute Gasteiger partial charge is 0.373 e. The fourth-order valence-corrected chi connectivity index (χ4v) is 1.84. The first-order valence-corrected chi connectivity index (χ1v) is 6.60. The summed E-state index contributed by atoms with van der Waals surface area (Å²) in [5.41, 5.74) is 1.60. The van der Waals surface area contributed by atoms with Crippen LogP contribution in [-0.4, -0.2) is 24.0 Å². The monoisotopic (exact) mass is 249 g/mol. The van der Waals surface area contributed by atoms with Crippen molar-refractivity contribution < 1.29 is 4.79 Å². The minimum atomic E-state index is -0.0236. The Morgan fingerprint density at radius 3 is 2.67 bits per heavy atom. The fraction of sp³-hybridized carbons (Fsp3) is 0.571. The van der Waals surface area contributed by atoms with Gasteiger partial charge in [0.15, 0.2) is 0 Å². The third-order valence-electron chi connectivity index (χ3n) is 2.86. The van der Waals surface area contributed by atoms with E-state index in [9.17, 15) is 4.79 Å². The van der Waals surface area contributed by atoms with Crippen LogP contribution in [0.25, 0.3) is 0 Å². The summed E-state index contributed by atoms with van der Waals surface area (Å²) in [4.78, 5) is 16.5. The molecule has 1 heterocycles. The molecule has 0 aromatic carbocycles. The van der Waals surface area contributed by atoms with Crippen LogP contribution in [0.3, 0.4) is 0 Å². The topological polar surface area (TPSA) is 54.0 Å². The molecule has 0 fully saturated rings. The van der Waals surface area contributed by atoms with Crippen molar-refractivity contribution in [3.63, 3.8) is 0 Å². The number of rotatable bonds is 6. The summed E-state index contributed by atoms with van der Waals surface area (Å²) in [5, 5.41) is 5.99. The molecule has 1 rings (SSSR count). The normalized spacial score (nSPS) is 12.0. The quantitative estimate of drug-likeness (QED) is 0.815. The second kappa shape index (κ2) is 6.99. The molecule has 0 saturated carbocycles. The molecule has 1 aromatic heterocycles. The number of amides is 1. The van der Waals surface area contributed by atoms with Crippen molar-refractivity contribution in [2.45, 2.75) is 46.1 Å². The summed E-state index contributed by atoms with van der Waals surface area (Å²) in [6.07, 6.45) is 2.89. The molecule has 4 heteroatoms. The molecular formula is C14H23N3O. The number of aromatic nitrogens is 1. The van der Waals surface area contributed by atoms with Gasteiger partial charge >= 0.3 is 0 Å². The average molecular weight is 249 g/mol. The maximum Gasteiger partial charge on any atom is 0.251 e. The smallest absolute Gasteiger partial charge is 0.251 e. The Balaban J connectivity index is 2.84. The van der Waals surface area contributed by atoms with Crippen LogP contribution in [0.5, 0.6) is 0 Å². The van der Waals surface area contributed by atoms with Crippen LogP contribution >= 0.6 is 0 Å². The molecule has 1 aromatic rings. The third kappa shape index (κ3) is 4.02. The number of hydrogen-bond acceptors (Lipinski definition) is 3. The average Bonchev–Trinajstić information content (AvgIpc) is 2.38. The zero-order valence-electron chi connectivity index (χ0n) is 11.7. The molecular weight excluding hydrogens is 226 g/mol. The molecule has 0 aliphatic heterocycles. The molecule has 0 radical (unpaired) electrons. The first-order chi connectivity index (χ1) is 8.60. The lowest BCUT2D eigenvalue weighted by atomic mass is 10.1. The number of aryl methyl sites for hydroxylation is 1. The molecule has 1 amide bonds. The first kappa shape index (κ1) is 14.5. The van der Waals surface area contributed by atoms with Gasteiger partial charge in [-0.15, -0.1) is 0 Å². The number of nitrogens with zero attached hydrogens (tertiary/aromatic N) is 1. The van der Waals surface area contributed by atoms with Gasteiger partial charge in [-0.25, -0.2) is 4.98 Å². The van der Waals surface area contributed by atoms with Crippen molar-refractivity contribution in [3.8, 4) is 0 Å². The Hall–Kier alpha value is -1.58. The van der Waals surface area contributed by atoms with E-state index in [-0.39, 0.29) is 11.9 Å². The van der Waals surface area contributed by atoms with Gasteiger partial charge in [0.25, 0.3) is 5.91 Å². The molecule has 0 saturated heterocycles. The summed E-state index contributed by atoms with van der Waals surface area (Å²) in [6, 6.07) is 3.85. The second-order valence-electron chi connectivity index (χ2n) is 4.50. The van der Waals surface area contributed by atoms with Crippen molar-refractivity contribution >= 4 is 11.7 Å². The van der Waals surface area contributed by atoms with E-state index in [1.165, 1.54) is 0 Å². The lowest BCUT2D eigenvalue weighted by Crippen LogP contribution is -2.32. The van der Waals surface area contributed by atoms with Crippen molar-refractivity contribution in [2.75, 3.05) is 12.4 Å². The standard InChI is InChI=1S/C14H23N3O/c1-5-7-10(3)16-14(18)11-8-12(6-2)17-13(9-11)15-4/h8-10H,5-7H2,1-4H3,(H,15,17)(H,16,18). The summed E-state index contributed by atoms with van der Waals surface area (Å²) in [7, 11) is 1.81. The number of pyridine rings is 1. The zero-order valence-corrected chi connectivity index (χ0v) is 11.7. The molecule has 0 spiro atoms. The number of carbonyl (C=O) groups is 1. The van der Waals surface area contributed by atoms with Gasteiger partial charge in [0.2, 0.25) is 0 Å². The molecule has 0 aliphatic carbocycles. The maximum atomic E-state index is 12.1. The van der Waals surface area contributed by atoms with Crippen molar-refractivity contribution in [2.24, 2.45) is 0 Å². The molecule has 1 atom stereocenters. The van der Waals surface area contributed by atoms with E-state index in [0.717, 1.165) is 30.8 Å². The predicted molar refractivity (Wildman–Crippen MR) is 75.0 cm³/mol.